The smallest absolute Gasteiger partial charge is 0.0536 e. The molecule has 0 radical (unpaired) electrons. The fraction of sp³-hybridized carbons (Fsp3) is 0.625. The maximum Gasteiger partial charge on any atom is 0.0536 e. The summed E-state index contributed by atoms with van der Waals surface area (Å²) in [4.78, 5) is 0. The summed E-state index contributed by atoms with van der Waals surface area (Å²) < 4.78 is 0. The SMILES string of the molecule is CC1(C)CN(N)Cc2cn[nH]c21. The van der Waals surface area contributed by atoms with Crippen LogP contribution in [0.25, 0.3) is 0 Å². The van der Waals surface area contributed by atoms with Crippen molar-refractivity contribution in [2.24, 2.45) is 5.84 Å². The van der Waals surface area contributed by atoms with Gasteiger partial charge in [-0.1, -0.05) is 13.8 Å². The Hall–Kier alpha value is -0.870. The van der Waals surface area contributed by atoms with E-state index in [1.807, 2.05) is 11.2 Å². The number of hydrogen-bond donors (Lipinski definition) is 2. The summed E-state index contributed by atoms with van der Waals surface area (Å²) in [5.41, 5.74) is 2.54. The van der Waals surface area contributed by atoms with Crippen LogP contribution in [0.3, 0.4) is 0 Å². The van der Waals surface area contributed by atoms with Gasteiger partial charge in [0.2, 0.25) is 0 Å². The van der Waals surface area contributed by atoms with Crippen LogP contribution in [0.15, 0.2) is 6.20 Å². The molecule has 12 heavy (non-hydrogen) atoms. The molecule has 4 nitrogen and oxygen atoms in total. The molecule has 0 fully saturated rings. The van der Waals surface area contributed by atoms with E-state index in [0.29, 0.717) is 0 Å². The van der Waals surface area contributed by atoms with E-state index in [4.69, 9.17) is 5.84 Å². The molecule has 0 amide bonds. The number of hydrogen-bond acceptors (Lipinski definition) is 3. The van der Waals surface area contributed by atoms with Crippen molar-refractivity contribution < 1.29 is 0 Å². The van der Waals surface area contributed by atoms with Crippen LogP contribution in [0.1, 0.15) is 25.1 Å². The van der Waals surface area contributed by atoms with Crippen LogP contribution in [0.2, 0.25) is 0 Å². The van der Waals surface area contributed by atoms with Gasteiger partial charge in [0, 0.05) is 29.8 Å². The summed E-state index contributed by atoms with van der Waals surface area (Å²) in [6.45, 7) is 6.02. The van der Waals surface area contributed by atoms with Gasteiger partial charge in [-0.3, -0.25) is 10.9 Å². The second-order valence-corrected chi connectivity index (χ2v) is 4.06. The Labute approximate surface area is 71.7 Å². The van der Waals surface area contributed by atoms with Crippen LogP contribution in [0.5, 0.6) is 0 Å². The maximum absolute atomic E-state index is 5.78. The minimum absolute atomic E-state index is 0.0961. The largest absolute Gasteiger partial charge is 0.282 e. The predicted molar refractivity (Wildman–Crippen MR) is 46.2 cm³/mol. The van der Waals surface area contributed by atoms with E-state index < -0.39 is 0 Å². The summed E-state index contributed by atoms with van der Waals surface area (Å²) in [5.74, 6) is 5.78. The summed E-state index contributed by atoms with van der Waals surface area (Å²) >= 11 is 0. The number of aromatic amines is 1. The normalized spacial score (nSPS) is 22.2. The quantitative estimate of drug-likeness (QED) is 0.548. The molecule has 1 aromatic rings. The second-order valence-electron chi connectivity index (χ2n) is 4.06. The van der Waals surface area contributed by atoms with E-state index in [-0.39, 0.29) is 5.41 Å². The van der Waals surface area contributed by atoms with Crippen LogP contribution in [0, 0.1) is 0 Å². The molecule has 2 rings (SSSR count). The molecule has 2 heterocycles. The highest BCUT2D eigenvalue weighted by Gasteiger charge is 2.31. The number of aromatic nitrogens is 2. The van der Waals surface area contributed by atoms with Crippen molar-refractivity contribution in [1.82, 2.24) is 15.2 Å². The summed E-state index contributed by atoms with van der Waals surface area (Å²) in [6, 6.07) is 0. The lowest BCUT2D eigenvalue weighted by molar-refractivity contribution is 0.196. The molecule has 66 valence electrons. The van der Waals surface area contributed by atoms with Gasteiger partial charge in [0.1, 0.15) is 0 Å². The maximum atomic E-state index is 5.78. The van der Waals surface area contributed by atoms with Gasteiger partial charge in [0.05, 0.1) is 6.20 Å². The van der Waals surface area contributed by atoms with Gasteiger partial charge in [0.25, 0.3) is 0 Å². The van der Waals surface area contributed by atoms with Crippen molar-refractivity contribution in [1.29, 1.82) is 0 Å². The number of hydrazine groups is 1. The van der Waals surface area contributed by atoms with E-state index in [1.54, 1.807) is 0 Å². The van der Waals surface area contributed by atoms with E-state index in [1.165, 1.54) is 11.3 Å². The van der Waals surface area contributed by atoms with Crippen molar-refractivity contribution >= 4 is 0 Å². The Balaban J connectivity index is 2.45. The monoisotopic (exact) mass is 166 g/mol. The predicted octanol–water partition coefficient (Wildman–Crippen LogP) is 0.377. The summed E-state index contributed by atoms with van der Waals surface area (Å²) in [5, 5.41) is 8.89. The van der Waals surface area contributed by atoms with Crippen molar-refractivity contribution in [2.45, 2.75) is 25.8 Å². The van der Waals surface area contributed by atoms with Crippen LogP contribution in [-0.2, 0) is 12.0 Å². The molecule has 0 unspecified atom stereocenters. The molecule has 1 aliphatic rings. The van der Waals surface area contributed by atoms with Gasteiger partial charge >= 0.3 is 0 Å². The molecule has 4 heteroatoms. The molecule has 0 aromatic carbocycles. The lowest BCUT2D eigenvalue weighted by Gasteiger charge is -2.34. The number of nitrogens with two attached hydrogens (primary N) is 1. The first kappa shape index (κ1) is 7.76. The zero-order valence-corrected chi connectivity index (χ0v) is 7.46. The van der Waals surface area contributed by atoms with Gasteiger partial charge in [-0.25, -0.2) is 5.01 Å². The number of nitrogens with zero attached hydrogens (tertiary/aromatic N) is 2. The molecule has 3 N–H and O–H groups in total. The molecule has 0 saturated carbocycles. The fourth-order valence-corrected chi connectivity index (χ4v) is 1.88. The first-order valence-electron chi connectivity index (χ1n) is 4.12. The molecular weight excluding hydrogens is 152 g/mol. The van der Waals surface area contributed by atoms with Crippen molar-refractivity contribution in [3.63, 3.8) is 0 Å². The zero-order chi connectivity index (χ0) is 8.77. The van der Waals surface area contributed by atoms with Crippen LogP contribution < -0.4 is 5.84 Å². The third kappa shape index (κ3) is 1.04. The third-order valence-corrected chi connectivity index (χ3v) is 2.37. The van der Waals surface area contributed by atoms with Crippen molar-refractivity contribution in [2.75, 3.05) is 6.54 Å². The van der Waals surface area contributed by atoms with Gasteiger partial charge in [-0.15, -0.1) is 0 Å². The van der Waals surface area contributed by atoms with Gasteiger partial charge < -0.3 is 0 Å². The minimum atomic E-state index is 0.0961. The Kier molecular flexibility index (Phi) is 1.49. The molecule has 0 aliphatic carbocycles. The van der Waals surface area contributed by atoms with E-state index in [9.17, 15) is 0 Å². The fourth-order valence-electron chi connectivity index (χ4n) is 1.88. The van der Waals surface area contributed by atoms with Crippen LogP contribution >= 0.6 is 0 Å². The number of nitrogens with one attached hydrogen (secondary N) is 1. The molecule has 0 atom stereocenters. The van der Waals surface area contributed by atoms with Crippen LogP contribution in [-0.4, -0.2) is 21.8 Å². The van der Waals surface area contributed by atoms with E-state index in [2.05, 4.69) is 24.0 Å². The number of fused-ring (bicyclic) bond motifs is 1. The molecule has 1 aliphatic heterocycles. The molecule has 0 bridgehead atoms. The Morgan fingerprint density at radius 3 is 3.17 bits per heavy atom. The number of rotatable bonds is 0. The van der Waals surface area contributed by atoms with Crippen molar-refractivity contribution in [3.05, 3.63) is 17.5 Å². The van der Waals surface area contributed by atoms with E-state index in [0.717, 1.165) is 13.1 Å². The highest BCUT2D eigenvalue weighted by atomic mass is 15.4. The van der Waals surface area contributed by atoms with E-state index >= 15 is 0 Å². The highest BCUT2D eigenvalue weighted by molar-refractivity contribution is 5.27. The second kappa shape index (κ2) is 2.31. The zero-order valence-electron chi connectivity index (χ0n) is 7.46. The third-order valence-electron chi connectivity index (χ3n) is 2.37. The summed E-state index contributed by atoms with van der Waals surface area (Å²) in [7, 11) is 0. The highest BCUT2D eigenvalue weighted by Crippen LogP contribution is 2.29. The van der Waals surface area contributed by atoms with Crippen molar-refractivity contribution in [3.8, 4) is 0 Å². The standard InChI is InChI=1S/C8H14N4/c1-8(2)5-12(9)4-6-3-10-11-7(6)8/h3H,4-5,9H2,1-2H3,(H,10,11). The molecule has 0 saturated heterocycles. The first-order chi connectivity index (χ1) is 5.59. The average molecular weight is 166 g/mol. The van der Waals surface area contributed by atoms with Gasteiger partial charge in [-0.05, 0) is 0 Å². The Bertz CT molecular complexity index is 289. The lowest BCUT2D eigenvalue weighted by Crippen LogP contribution is -2.45. The van der Waals surface area contributed by atoms with Gasteiger partial charge in [0.15, 0.2) is 0 Å². The van der Waals surface area contributed by atoms with Gasteiger partial charge in [-0.2, -0.15) is 5.10 Å². The first-order valence-corrected chi connectivity index (χ1v) is 4.12. The minimum Gasteiger partial charge on any atom is -0.282 e. The topological polar surface area (TPSA) is 57.9 Å². The summed E-state index contributed by atoms with van der Waals surface area (Å²) in [6.07, 6.45) is 1.86. The molecular formula is C8H14N4. The van der Waals surface area contributed by atoms with Crippen LogP contribution in [0.4, 0.5) is 0 Å². The lowest BCUT2D eigenvalue weighted by atomic mass is 9.84. The Morgan fingerprint density at radius 1 is 1.67 bits per heavy atom. The Morgan fingerprint density at radius 2 is 2.42 bits per heavy atom. The molecule has 1 aromatic heterocycles. The number of H-pyrrole nitrogens is 1. The average Bonchev–Trinajstić information content (AvgIpc) is 2.32. The molecule has 0 spiro atoms.